The lowest BCUT2D eigenvalue weighted by molar-refractivity contribution is -0.134. The number of hydrogen-bond donors (Lipinski definition) is 3. The van der Waals surface area contributed by atoms with E-state index < -0.39 is 35.5 Å². The van der Waals surface area contributed by atoms with E-state index in [4.69, 9.17) is 4.74 Å². The molecule has 1 unspecified atom stereocenters. The maximum atomic E-state index is 14.0. The minimum absolute atomic E-state index is 0.110. The lowest BCUT2D eigenvalue weighted by Crippen LogP contribution is -2.58. The summed E-state index contributed by atoms with van der Waals surface area (Å²) in [6.45, 7) is 10.9. The van der Waals surface area contributed by atoms with Crippen LogP contribution in [0.2, 0.25) is 0 Å². The Hall–Kier alpha value is -3.21. The third-order valence-electron chi connectivity index (χ3n) is 8.38. The van der Waals surface area contributed by atoms with Crippen molar-refractivity contribution in [3.63, 3.8) is 0 Å². The summed E-state index contributed by atoms with van der Waals surface area (Å²) < 4.78 is 5.41. The Morgan fingerprint density at radius 2 is 1.27 bits per heavy atom. The van der Waals surface area contributed by atoms with Gasteiger partial charge in [0, 0.05) is 18.7 Å². The van der Waals surface area contributed by atoms with E-state index in [-0.39, 0.29) is 35.2 Å². The molecule has 9 nitrogen and oxygen atoms in total. The van der Waals surface area contributed by atoms with Crippen LogP contribution >= 0.6 is 11.8 Å². The van der Waals surface area contributed by atoms with E-state index in [1.165, 1.54) is 0 Å². The Morgan fingerprint density at radius 3 is 1.81 bits per heavy atom. The van der Waals surface area contributed by atoms with Crippen LogP contribution in [0, 0.1) is 11.8 Å². The number of Topliss-reactive ketones (excluding diaryl/α,β-unsaturated/α-hetero) is 1. The van der Waals surface area contributed by atoms with Crippen LogP contribution in [0.5, 0.6) is 0 Å². The Morgan fingerprint density at radius 1 is 0.771 bits per heavy atom. The molecule has 1 saturated heterocycles. The number of nitrogens with zero attached hydrogens (tertiary/aromatic N) is 1. The molecule has 1 aliphatic rings. The van der Waals surface area contributed by atoms with Gasteiger partial charge in [0.15, 0.2) is 5.78 Å². The van der Waals surface area contributed by atoms with Crippen LogP contribution in [0.1, 0.15) is 65.0 Å². The molecule has 48 heavy (non-hydrogen) atoms. The first-order chi connectivity index (χ1) is 22.8. The summed E-state index contributed by atoms with van der Waals surface area (Å²) in [6, 6.07) is 17.0. The molecule has 1 fully saturated rings. The number of thioether (sulfide) groups is 1. The normalized spacial score (nSPS) is 18.2. The number of hydrogen-bond acceptors (Lipinski definition) is 7. The van der Waals surface area contributed by atoms with Crippen LogP contribution in [0.15, 0.2) is 60.7 Å². The molecule has 2 aromatic rings. The lowest BCUT2D eigenvalue weighted by atomic mass is 9.93. The highest BCUT2D eigenvalue weighted by molar-refractivity contribution is 8.00. The summed E-state index contributed by atoms with van der Waals surface area (Å²) in [7, 11) is 4.01. The van der Waals surface area contributed by atoms with Crippen molar-refractivity contribution in [2.24, 2.45) is 11.8 Å². The first kappa shape index (κ1) is 39.2. The quantitative estimate of drug-likeness (QED) is 0.167. The zero-order chi connectivity index (χ0) is 35.3. The predicted molar refractivity (Wildman–Crippen MR) is 194 cm³/mol. The maximum absolute atomic E-state index is 14.0. The second-order valence-electron chi connectivity index (χ2n) is 14.2. The molecule has 1 heterocycles. The van der Waals surface area contributed by atoms with Gasteiger partial charge in [0.1, 0.15) is 17.7 Å². The Kier molecular flexibility index (Phi) is 15.6. The average molecular weight is 681 g/mol. The molecule has 2 aromatic carbocycles. The summed E-state index contributed by atoms with van der Waals surface area (Å²) in [6.07, 6.45) is 2.48. The highest BCUT2D eigenvalue weighted by Crippen LogP contribution is 2.29. The van der Waals surface area contributed by atoms with E-state index in [1.807, 2.05) is 90.3 Å². The third kappa shape index (κ3) is 13.4. The number of carbonyl (C=O) groups excluding carboxylic acids is 4. The van der Waals surface area contributed by atoms with Crippen molar-refractivity contribution in [3.8, 4) is 0 Å². The molecule has 0 aliphatic carbocycles. The van der Waals surface area contributed by atoms with Gasteiger partial charge in [-0.2, -0.15) is 0 Å². The van der Waals surface area contributed by atoms with Gasteiger partial charge >= 0.3 is 0 Å². The lowest BCUT2D eigenvalue weighted by Gasteiger charge is -2.28. The number of aryl methyl sites for hydroxylation is 1. The molecular weight excluding hydrogens is 625 g/mol. The van der Waals surface area contributed by atoms with E-state index in [0.29, 0.717) is 25.9 Å². The van der Waals surface area contributed by atoms with Crippen molar-refractivity contribution < 1.29 is 23.9 Å². The monoisotopic (exact) mass is 680 g/mol. The number of carbonyl (C=O) groups is 4. The zero-order valence-electron chi connectivity index (χ0n) is 29.8. The molecule has 0 radical (unpaired) electrons. The van der Waals surface area contributed by atoms with Gasteiger partial charge in [0.25, 0.3) is 0 Å². The van der Waals surface area contributed by atoms with Gasteiger partial charge in [-0.3, -0.25) is 19.2 Å². The van der Waals surface area contributed by atoms with Crippen LogP contribution in [-0.4, -0.2) is 90.4 Å². The topological polar surface area (TPSA) is 120 Å². The number of amides is 3. The second kappa shape index (κ2) is 19.1. The van der Waals surface area contributed by atoms with Gasteiger partial charge in [-0.05, 0) is 69.7 Å². The molecule has 0 saturated carbocycles. The minimum atomic E-state index is -0.954. The van der Waals surface area contributed by atoms with Gasteiger partial charge in [-0.1, -0.05) is 88.4 Å². The van der Waals surface area contributed by atoms with Gasteiger partial charge in [-0.25, -0.2) is 0 Å². The Labute approximate surface area is 291 Å². The largest absolute Gasteiger partial charge is 0.361 e. The van der Waals surface area contributed by atoms with Crippen LogP contribution in [-0.2, 0) is 36.8 Å². The van der Waals surface area contributed by atoms with Crippen LogP contribution < -0.4 is 16.0 Å². The molecule has 264 valence electrons. The van der Waals surface area contributed by atoms with Gasteiger partial charge in [0.2, 0.25) is 17.7 Å². The average Bonchev–Trinajstić information content (AvgIpc) is 3.79. The first-order valence-corrected chi connectivity index (χ1v) is 18.3. The molecule has 3 amide bonds. The summed E-state index contributed by atoms with van der Waals surface area (Å²) in [5.74, 6) is -0.158. The summed E-state index contributed by atoms with van der Waals surface area (Å²) in [4.78, 5) is 57.1. The molecule has 3 rings (SSSR count). The SMILES string of the molecule is CC(C)CC(NC(=O)[C@H](Cc1ccccc1)NC(=O)[C@H](CC(C)C)NC(=O)[C@H](CCc1ccccc1)SCCN(C)C)C(=O)[C@@]1(C)CO1. The number of ether oxygens (including phenoxy) is 1. The summed E-state index contributed by atoms with van der Waals surface area (Å²) in [5.41, 5.74) is 1.13. The van der Waals surface area contributed by atoms with E-state index in [1.54, 1.807) is 18.7 Å². The molecule has 3 N–H and O–H groups in total. The van der Waals surface area contributed by atoms with Crippen molar-refractivity contribution in [3.05, 3.63) is 71.8 Å². The molecule has 10 heteroatoms. The summed E-state index contributed by atoms with van der Waals surface area (Å²) in [5, 5.41) is 8.62. The number of rotatable bonds is 21. The first-order valence-electron chi connectivity index (χ1n) is 17.2. The highest BCUT2D eigenvalue weighted by Gasteiger charge is 2.50. The fraction of sp³-hybridized carbons (Fsp3) is 0.579. The van der Waals surface area contributed by atoms with Gasteiger partial charge in [-0.15, -0.1) is 11.8 Å². The summed E-state index contributed by atoms with van der Waals surface area (Å²) >= 11 is 1.60. The molecule has 5 atom stereocenters. The standard InChI is InChI=1S/C38H56N4O5S/c1-26(2)22-30(34(43)38(5)25-47-38)39-36(45)32(24-29-16-12-9-13-17-29)40-35(44)31(23-27(3)4)41-37(46)33(48-21-20-42(6)7)19-18-28-14-10-8-11-15-28/h8-17,26-27,30-33H,18-25H2,1-7H3,(H,39,45)(H,40,44)(H,41,46)/t30?,31-,32-,33-,38+/m0/s1. The number of nitrogens with one attached hydrogen (secondary N) is 3. The minimum Gasteiger partial charge on any atom is -0.361 e. The van der Waals surface area contributed by atoms with Crippen molar-refractivity contribution in [2.45, 2.75) is 95.7 Å². The number of ketones is 1. The third-order valence-corrected chi connectivity index (χ3v) is 9.65. The molecular formula is C38H56N4O5S. The maximum Gasteiger partial charge on any atom is 0.243 e. The highest BCUT2D eigenvalue weighted by atomic mass is 32.2. The zero-order valence-corrected chi connectivity index (χ0v) is 30.6. The van der Waals surface area contributed by atoms with Crippen molar-refractivity contribution in [2.75, 3.05) is 33.0 Å². The van der Waals surface area contributed by atoms with Crippen LogP contribution in [0.3, 0.4) is 0 Å². The fourth-order valence-corrected chi connectivity index (χ4v) is 6.76. The molecule has 0 spiro atoms. The Bertz CT molecular complexity index is 1320. The smallest absolute Gasteiger partial charge is 0.243 e. The number of epoxide rings is 1. The second-order valence-corrected chi connectivity index (χ2v) is 15.5. The Balaban J connectivity index is 1.79. The predicted octanol–water partition coefficient (Wildman–Crippen LogP) is 4.43. The van der Waals surface area contributed by atoms with Crippen LogP contribution in [0.25, 0.3) is 0 Å². The van der Waals surface area contributed by atoms with Crippen molar-refractivity contribution >= 4 is 35.3 Å². The van der Waals surface area contributed by atoms with E-state index in [9.17, 15) is 19.2 Å². The van der Waals surface area contributed by atoms with E-state index in [2.05, 4.69) is 33.0 Å². The molecule has 1 aliphatic heterocycles. The van der Waals surface area contributed by atoms with E-state index in [0.717, 1.165) is 29.8 Å². The van der Waals surface area contributed by atoms with Crippen LogP contribution in [0.4, 0.5) is 0 Å². The van der Waals surface area contributed by atoms with E-state index >= 15 is 0 Å². The molecule has 0 bridgehead atoms. The van der Waals surface area contributed by atoms with Crippen molar-refractivity contribution in [1.29, 1.82) is 0 Å². The van der Waals surface area contributed by atoms with Gasteiger partial charge < -0.3 is 25.6 Å². The number of benzene rings is 2. The van der Waals surface area contributed by atoms with Crippen molar-refractivity contribution in [1.82, 2.24) is 20.9 Å². The van der Waals surface area contributed by atoms with Gasteiger partial charge in [0.05, 0.1) is 17.9 Å². The molecule has 0 aromatic heterocycles. The fourth-order valence-electron chi connectivity index (χ4n) is 5.50.